The number of para-hydroxylation sites is 1. The van der Waals surface area contributed by atoms with Crippen LogP contribution in [-0.2, 0) is 4.79 Å². The van der Waals surface area contributed by atoms with Crippen LogP contribution in [-0.4, -0.2) is 28.4 Å². The summed E-state index contributed by atoms with van der Waals surface area (Å²) in [6.07, 6.45) is 0. The molecule has 0 saturated carbocycles. The van der Waals surface area contributed by atoms with Gasteiger partial charge in [-0.15, -0.1) is 10.2 Å². The Morgan fingerprint density at radius 3 is 2.44 bits per heavy atom. The molecule has 0 N–H and O–H groups in total. The van der Waals surface area contributed by atoms with Crippen molar-refractivity contribution in [2.75, 3.05) is 17.2 Å². The Bertz CT molecular complexity index is 875. The molecule has 6 nitrogen and oxygen atoms in total. The molecule has 0 fully saturated rings. The maximum atomic E-state index is 12.4. The second-order valence-electron chi connectivity index (χ2n) is 5.00. The van der Waals surface area contributed by atoms with Crippen LogP contribution in [0.1, 0.15) is 0 Å². The number of amides is 1. The summed E-state index contributed by atoms with van der Waals surface area (Å²) in [6, 6.07) is 20.5. The molecule has 2 aromatic carbocycles. The molecule has 1 amide bonds. The zero-order valence-corrected chi connectivity index (χ0v) is 14.0. The number of nitriles is 1. The van der Waals surface area contributed by atoms with Crippen molar-refractivity contribution in [3.63, 3.8) is 0 Å². The van der Waals surface area contributed by atoms with Crippen LogP contribution in [0, 0.1) is 11.3 Å². The van der Waals surface area contributed by atoms with Crippen molar-refractivity contribution in [2.45, 2.75) is 5.22 Å². The van der Waals surface area contributed by atoms with E-state index in [1.165, 1.54) is 4.90 Å². The molecule has 0 spiro atoms. The molecule has 3 rings (SSSR count). The van der Waals surface area contributed by atoms with Crippen LogP contribution < -0.4 is 4.90 Å². The monoisotopic (exact) mass is 350 g/mol. The average molecular weight is 350 g/mol. The molecule has 0 aliphatic heterocycles. The van der Waals surface area contributed by atoms with Gasteiger partial charge in [0.1, 0.15) is 6.54 Å². The van der Waals surface area contributed by atoms with Gasteiger partial charge in [0.05, 0.1) is 11.8 Å². The maximum Gasteiger partial charge on any atom is 0.277 e. The van der Waals surface area contributed by atoms with Gasteiger partial charge in [0.15, 0.2) is 0 Å². The zero-order valence-electron chi connectivity index (χ0n) is 13.2. The summed E-state index contributed by atoms with van der Waals surface area (Å²) >= 11 is 1.15. The Kier molecular flexibility index (Phi) is 5.44. The Balaban J connectivity index is 1.65. The first kappa shape index (κ1) is 16.7. The number of hydrogen-bond acceptors (Lipinski definition) is 6. The summed E-state index contributed by atoms with van der Waals surface area (Å²) in [5.41, 5.74) is 1.51. The first-order valence-electron chi connectivity index (χ1n) is 7.52. The first-order valence-corrected chi connectivity index (χ1v) is 8.50. The van der Waals surface area contributed by atoms with E-state index in [4.69, 9.17) is 9.68 Å². The third-order valence-electron chi connectivity index (χ3n) is 3.34. The first-order chi connectivity index (χ1) is 12.3. The SMILES string of the molecule is N#CCN(C(=O)CSc1nnc(-c2ccccc2)o1)c1ccccc1. The van der Waals surface area contributed by atoms with Gasteiger partial charge in [-0.3, -0.25) is 9.69 Å². The fraction of sp³-hybridized carbons (Fsp3) is 0.111. The van der Waals surface area contributed by atoms with Gasteiger partial charge in [-0.1, -0.05) is 48.2 Å². The zero-order chi connectivity index (χ0) is 17.5. The van der Waals surface area contributed by atoms with Crippen LogP contribution >= 0.6 is 11.8 Å². The van der Waals surface area contributed by atoms with Gasteiger partial charge in [-0.2, -0.15) is 5.26 Å². The fourth-order valence-electron chi connectivity index (χ4n) is 2.17. The van der Waals surface area contributed by atoms with Gasteiger partial charge < -0.3 is 4.42 Å². The number of carbonyl (C=O) groups is 1. The lowest BCUT2D eigenvalue weighted by atomic mass is 10.2. The van der Waals surface area contributed by atoms with E-state index in [0.29, 0.717) is 16.8 Å². The Morgan fingerprint density at radius 2 is 1.76 bits per heavy atom. The Labute approximate surface area is 149 Å². The van der Waals surface area contributed by atoms with Gasteiger partial charge in [0.2, 0.25) is 11.8 Å². The predicted octanol–water partition coefficient (Wildman–Crippen LogP) is 3.39. The van der Waals surface area contributed by atoms with E-state index in [9.17, 15) is 4.79 Å². The van der Waals surface area contributed by atoms with E-state index in [1.807, 2.05) is 54.6 Å². The van der Waals surface area contributed by atoms with E-state index in [0.717, 1.165) is 17.3 Å². The van der Waals surface area contributed by atoms with Crippen LogP contribution in [0.15, 0.2) is 70.3 Å². The molecule has 0 atom stereocenters. The number of carbonyl (C=O) groups excluding carboxylic acids is 1. The topological polar surface area (TPSA) is 83.0 Å². The van der Waals surface area contributed by atoms with Crippen LogP contribution in [0.5, 0.6) is 0 Å². The van der Waals surface area contributed by atoms with Gasteiger partial charge in [0, 0.05) is 11.3 Å². The summed E-state index contributed by atoms with van der Waals surface area (Å²) < 4.78 is 5.57. The van der Waals surface area contributed by atoms with Crippen LogP contribution in [0.3, 0.4) is 0 Å². The molecule has 0 unspecified atom stereocenters. The minimum Gasteiger partial charge on any atom is -0.411 e. The quantitative estimate of drug-likeness (QED) is 0.500. The van der Waals surface area contributed by atoms with Gasteiger partial charge >= 0.3 is 0 Å². The maximum absolute atomic E-state index is 12.4. The lowest BCUT2D eigenvalue weighted by Crippen LogP contribution is -2.32. The largest absolute Gasteiger partial charge is 0.411 e. The standard InChI is InChI=1S/C18H14N4O2S/c19-11-12-22(15-9-5-2-6-10-15)16(23)13-25-18-21-20-17(24-18)14-7-3-1-4-8-14/h1-10H,12-13H2. The fourth-order valence-corrected chi connectivity index (χ4v) is 2.81. The van der Waals surface area contributed by atoms with Crippen molar-refractivity contribution in [3.8, 4) is 17.5 Å². The second-order valence-corrected chi connectivity index (χ2v) is 5.93. The van der Waals surface area contributed by atoms with E-state index >= 15 is 0 Å². The van der Waals surface area contributed by atoms with Crippen molar-refractivity contribution in [1.29, 1.82) is 5.26 Å². The molecule has 1 aromatic heterocycles. The highest BCUT2D eigenvalue weighted by Gasteiger charge is 2.17. The van der Waals surface area contributed by atoms with Crippen molar-refractivity contribution < 1.29 is 9.21 Å². The number of thioether (sulfide) groups is 1. The van der Waals surface area contributed by atoms with Crippen molar-refractivity contribution in [2.24, 2.45) is 0 Å². The number of benzene rings is 2. The molecule has 0 aliphatic rings. The molecule has 3 aromatic rings. The Morgan fingerprint density at radius 1 is 1.08 bits per heavy atom. The Hall–Kier alpha value is -3.11. The van der Waals surface area contributed by atoms with Gasteiger partial charge in [-0.25, -0.2) is 0 Å². The van der Waals surface area contributed by atoms with Crippen LogP contribution in [0.4, 0.5) is 5.69 Å². The number of anilines is 1. The molecule has 0 aliphatic carbocycles. The third-order valence-corrected chi connectivity index (χ3v) is 4.15. The molecule has 124 valence electrons. The highest BCUT2D eigenvalue weighted by molar-refractivity contribution is 7.99. The molecule has 0 radical (unpaired) electrons. The van der Waals surface area contributed by atoms with E-state index in [1.54, 1.807) is 12.1 Å². The van der Waals surface area contributed by atoms with E-state index in [2.05, 4.69) is 10.2 Å². The second kappa shape index (κ2) is 8.13. The van der Waals surface area contributed by atoms with Crippen LogP contribution in [0.25, 0.3) is 11.5 Å². The highest BCUT2D eigenvalue weighted by atomic mass is 32.2. The molecule has 25 heavy (non-hydrogen) atoms. The third kappa shape index (κ3) is 4.25. The minimum absolute atomic E-state index is 0.0114. The molecule has 1 heterocycles. The molecule has 0 saturated heterocycles. The molecular weight excluding hydrogens is 336 g/mol. The minimum atomic E-state index is -0.197. The van der Waals surface area contributed by atoms with Crippen LogP contribution in [0.2, 0.25) is 0 Å². The lowest BCUT2D eigenvalue weighted by molar-refractivity contribution is -0.116. The average Bonchev–Trinajstić information content (AvgIpc) is 3.15. The highest BCUT2D eigenvalue weighted by Crippen LogP contribution is 2.24. The molecule has 7 heteroatoms. The van der Waals surface area contributed by atoms with Crippen molar-refractivity contribution in [1.82, 2.24) is 10.2 Å². The molecular formula is C18H14N4O2S. The van der Waals surface area contributed by atoms with Crippen molar-refractivity contribution in [3.05, 3.63) is 60.7 Å². The summed E-state index contributed by atoms with van der Waals surface area (Å²) in [5.74, 6) is 0.317. The predicted molar refractivity (Wildman–Crippen MR) is 94.9 cm³/mol. The molecule has 0 bridgehead atoms. The normalized spacial score (nSPS) is 10.2. The summed E-state index contributed by atoms with van der Waals surface area (Å²) in [5, 5.41) is 17.2. The van der Waals surface area contributed by atoms with Gasteiger partial charge in [0.25, 0.3) is 5.22 Å². The lowest BCUT2D eigenvalue weighted by Gasteiger charge is -2.18. The van der Waals surface area contributed by atoms with Crippen molar-refractivity contribution >= 4 is 23.4 Å². The van der Waals surface area contributed by atoms with E-state index in [-0.39, 0.29) is 18.2 Å². The summed E-state index contributed by atoms with van der Waals surface area (Å²) in [6.45, 7) is -0.0114. The summed E-state index contributed by atoms with van der Waals surface area (Å²) in [4.78, 5) is 13.9. The number of rotatable bonds is 6. The number of nitrogens with zero attached hydrogens (tertiary/aromatic N) is 4. The van der Waals surface area contributed by atoms with Gasteiger partial charge in [-0.05, 0) is 24.3 Å². The smallest absolute Gasteiger partial charge is 0.277 e. The number of hydrogen-bond donors (Lipinski definition) is 0. The number of aromatic nitrogens is 2. The summed E-state index contributed by atoms with van der Waals surface area (Å²) in [7, 11) is 0. The van der Waals surface area contributed by atoms with E-state index < -0.39 is 0 Å².